The molecule has 0 bridgehead atoms. The first-order valence-corrected chi connectivity index (χ1v) is 8.57. The first kappa shape index (κ1) is 15.6. The van der Waals surface area contributed by atoms with Crippen LogP contribution in [-0.2, 0) is 9.36 Å². The molecule has 0 aromatic carbocycles. The number of amides is 1. The number of carbonyl (C=O) groups excluding carboxylic acids is 1. The van der Waals surface area contributed by atoms with Crippen molar-refractivity contribution in [2.75, 3.05) is 26.5 Å². The normalized spacial score (nSPS) is 20.7. The summed E-state index contributed by atoms with van der Waals surface area (Å²) in [7, 11) is -1.57. The topological polar surface area (TPSA) is 81.1 Å². The van der Waals surface area contributed by atoms with Gasteiger partial charge in [-0.3, -0.25) is 19.5 Å². The minimum atomic E-state index is -3.17. The van der Waals surface area contributed by atoms with Gasteiger partial charge in [0, 0.05) is 6.66 Å². The Bertz CT molecular complexity index is 325. The van der Waals surface area contributed by atoms with Crippen molar-refractivity contribution in [1.82, 2.24) is 9.96 Å². The van der Waals surface area contributed by atoms with Gasteiger partial charge in [0.05, 0.1) is 18.9 Å². The Hall–Kier alpha value is -0.420. The largest absolute Gasteiger partial charge is 0.344 e. The summed E-state index contributed by atoms with van der Waals surface area (Å²) in [6, 6.07) is -0.0952. The molecule has 0 saturated heterocycles. The predicted molar refractivity (Wildman–Crippen MR) is 68.8 cm³/mol. The van der Waals surface area contributed by atoms with Crippen molar-refractivity contribution in [2.45, 2.75) is 38.1 Å². The van der Waals surface area contributed by atoms with E-state index in [0.29, 0.717) is 0 Å². The second-order valence-electron chi connectivity index (χ2n) is 5.24. The van der Waals surface area contributed by atoms with Crippen LogP contribution in [0.25, 0.3) is 0 Å². The maximum atomic E-state index is 11.8. The van der Waals surface area contributed by atoms with Crippen molar-refractivity contribution >= 4 is 13.3 Å². The van der Waals surface area contributed by atoms with Gasteiger partial charge in [0.1, 0.15) is 0 Å². The Kier molecular flexibility index (Phi) is 5.79. The molecule has 0 radical (unpaired) electrons. The van der Waals surface area contributed by atoms with E-state index in [-0.39, 0.29) is 18.9 Å². The Morgan fingerprint density at radius 2 is 1.89 bits per heavy atom. The van der Waals surface area contributed by atoms with Gasteiger partial charge in [0.25, 0.3) is 5.91 Å². The zero-order chi connectivity index (χ0) is 13.8. The summed E-state index contributed by atoms with van der Waals surface area (Å²) in [5.41, 5.74) is 0. The molecule has 7 heteroatoms. The molecular formula is C11H23N2O4P. The Morgan fingerprint density at radius 1 is 1.33 bits per heavy atom. The third-order valence-corrected chi connectivity index (χ3v) is 4.09. The fraction of sp³-hybridized carbons (Fsp3) is 0.909. The van der Waals surface area contributed by atoms with Crippen LogP contribution in [0.1, 0.15) is 32.1 Å². The molecule has 0 aromatic heterocycles. The van der Waals surface area contributed by atoms with Crippen LogP contribution in [0, 0.1) is 0 Å². The smallest absolute Gasteiger partial charge is 0.260 e. The van der Waals surface area contributed by atoms with Crippen LogP contribution in [0.3, 0.4) is 0 Å². The first-order valence-electron chi connectivity index (χ1n) is 6.28. The van der Waals surface area contributed by atoms with Gasteiger partial charge in [0.2, 0.25) is 7.37 Å². The Balaban J connectivity index is 2.41. The number of carbonyl (C=O) groups is 1. The standard InChI is InChI=1S/C11H23N2O4P/c1-12(9-18(2,16)17)8-11(14)13(15)10-6-4-3-5-7-10/h10,15H,3-9H2,1-2H3,(H,16,17). The van der Waals surface area contributed by atoms with Gasteiger partial charge in [-0.25, -0.2) is 5.06 Å². The zero-order valence-electron chi connectivity index (χ0n) is 11.1. The van der Waals surface area contributed by atoms with Crippen molar-refractivity contribution in [3.05, 3.63) is 0 Å². The highest BCUT2D eigenvalue weighted by Gasteiger charge is 2.25. The van der Waals surface area contributed by atoms with E-state index >= 15 is 0 Å². The van der Waals surface area contributed by atoms with Crippen molar-refractivity contribution < 1.29 is 19.5 Å². The number of likely N-dealkylation sites (N-methyl/N-ethyl adjacent to an activating group) is 1. The highest BCUT2D eigenvalue weighted by Crippen LogP contribution is 2.35. The second-order valence-corrected chi connectivity index (χ2v) is 7.62. The highest BCUT2D eigenvalue weighted by atomic mass is 31.2. The first-order chi connectivity index (χ1) is 8.29. The van der Waals surface area contributed by atoms with Crippen molar-refractivity contribution in [3.63, 3.8) is 0 Å². The number of nitrogens with zero attached hydrogens (tertiary/aromatic N) is 2. The van der Waals surface area contributed by atoms with Gasteiger partial charge in [-0.15, -0.1) is 0 Å². The minimum absolute atomic E-state index is 0.0363. The molecule has 1 aliphatic carbocycles. The molecule has 1 saturated carbocycles. The van der Waals surface area contributed by atoms with Crippen molar-refractivity contribution in [2.24, 2.45) is 0 Å². The number of rotatable bonds is 5. The summed E-state index contributed by atoms with van der Waals surface area (Å²) < 4.78 is 11.2. The van der Waals surface area contributed by atoms with E-state index in [1.807, 2.05) is 0 Å². The van der Waals surface area contributed by atoms with E-state index in [4.69, 9.17) is 0 Å². The molecule has 0 spiro atoms. The van der Waals surface area contributed by atoms with Crippen LogP contribution in [0.5, 0.6) is 0 Å². The van der Waals surface area contributed by atoms with E-state index in [1.165, 1.54) is 11.6 Å². The van der Waals surface area contributed by atoms with Gasteiger partial charge in [-0.05, 0) is 19.9 Å². The fourth-order valence-corrected chi connectivity index (χ4v) is 3.33. The van der Waals surface area contributed by atoms with Gasteiger partial charge in [-0.2, -0.15) is 0 Å². The van der Waals surface area contributed by atoms with E-state index in [9.17, 15) is 19.5 Å². The van der Waals surface area contributed by atoms with Crippen LogP contribution in [0.4, 0.5) is 0 Å². The molecule has 18 heavy (non-hydrogen) atoms. The quantitative estimate of drug-likeness (QED) is 0.450. The lowest BCUT2D eigenvalue weighted by molar-refractivity contribution is -0.179. The highest BCUT2D eigenvalue weighted by molar-refractivity contribution is 7.57. The van der Waals surface area contributed by atoms with Crippen molar-refractivity contribution in [1.29, 1.82) is 0 Å². The third kappa shape index (κ3) is 5.48. The maximum absolute atomic E-state index is 11.8. The predicted octanol–water partition coefficient (Wildman–Crippen LogP) is 1.33. The molecule has 1 unspecified atom stereocenters. The van der Waals surface area contributed by atoms with Crippen molar-refractivity contribution in [3.8, 4) is 0 Å². The lowest BCUT2D eigenvalue weighted by Gasteiger charge is -2.30. The Labute approximate surface area is 108 Å². The van der Waals surface area contributed by atoms with Crippen LogP contribution in [-0.4, -0.2) is 58.6 Å². The molecule has 1 atom stereocenters. The lowest BCUT2D eigenvalue weighted by Crippen LogP contribution is -2.43. The molecule has 1 aliphatic rings. The molecule has 0 aromatic rings. The molecule has 0 aliphatic heterocycles. The summed E-state index contributed by atoms with van der Waals surface area (Å²) in [6.07, 6.45) is 4.84. The fourth-order valence-electron chi connectivity index (χ4n) is 2.33. The van der Waals surface area contributed by atoms with E-state index in [2.05, 4.69) is 0 Å². The van der Waals surface area contributed by atoms with Gasteiger partial charge in [-0.1, -0.05) is 19.3 Å². The maximum Gasteiger partial charge on any atom is 0.260 e. The van der Waals surface area contributed by atoms with Crippen LogP contribution >= 0.6 is 7.37 Å². The van der Waals surface area contributed by atoms with E-state index < -0.39 is 13.3 Å². The SMILES string of the molecule is CN(CC(=O)N(O)C1CCCCC1)CP(C)(=O)O. The van der Waals surface area contributed by atoms with Crippen LogP contribution in [0.15, 0.2) is 0 Å². The van der Waals surface area contributed by atoms with Crippen LogP contribution in [0.2, 0.25) is 0 Å². The minimum Gasteiger partial charge on any atom is -0.344 e. The summed E-state index contributed by atoms with van der Waals surface area (Å²) in [5, 5.41) is 10.6. The molecule has 2 N–H and O–H groups in total. The van der Waals surface area contributed by atoms with Gasteiger partial charge in [0.15, 0.2) is 0 Å². The van der Waals surface area contributed by atoms with Crippen LogP contribution < -0.4 is 0 Å². The third-order valence-electron chi connectivity index (χ3n) is 3.09. The Morgan fingerprint density at radius 3 is 2.39 bits per heavy atom. The summed E-state index contributed by atoms with van der Waals surface area (Å²) >= 11 is 0. The van der Waals surface area contributed by atoms with E-state index in [0.717, 1.165) is 37.2 Å². The molecule has 0 heterocycles. The zero-order valence-corrected chi connectivity index (χ0v) is 12.0. The number of hydrogen-bond acceptors (Lipinski definition) is 4. The summed E-state index contributed by atoms with van der Waals surface area (Å²) in [4.78, 5) is 22.5. The molecule has 106 valence electrons. The van der Waals surface area contributed by atoms with E-state index in [1.54, 1.807) is 7.05 Å². The van der Waals surface area contributed by atoms with Gasteiger partial charge >= 0.3 is 0 Å². The molecule has 1 amide bonds. The summed E-state index contributed by atoms with van der Waals surface area (Å²) in [5.74, 6) is -0.405. The molecule has 1 fully saturated rings. The lowest BCUT2D eigenvalue weighted by atomic mass is 9.95. The average Bonchev–Trinajstić information content (AvgIpc) is 2.26. The monoisotopic (exact) mass is 278 g/mol. The average molecular weight is 278 g/mol. The summed E-state index contributed by atoms with van der Waals surface area (Å²) in [6.45, 7) is 1.22. The number of hydrogen-bond donors (Lipinski definition) is 2. The number of hydroxylamine groups is 2. The molecule has 1 rings (SSSR count). The molecular weight excluding hydrogens is 255 g/mol. The second kappa shape index (κ2) is 6.66. The molecule has 6 nitrogen and oxygen atoms in total. The van der Waals surface area contributed by atoms with Gasteiger partial charge < -0.3 is 4.89 Å².